The minimum Gasteiger partial charge on any atom is -0.489 e. The topological polar surface area (TPSA) is 38.5 Å². The normalized spacial score (nSPS) is 10.8. The molecule has 0 radical (unpaired) electrons. The highest BCUT2D eigenvalue weighted by molar-refractivity contribution is 5.62. The van der Waals surface area contributed by atoms with E-state index < -0.39 is 0 Å². The van der Waals surface area contributed by atoms with Gasteiger partial charge in [-0.2, -0.15) is 0 Å². The SMILES string of the molecule is CCCCN(CCCC)c1ccc(N)c(OC(C)C)c1. The fraction of sp³-hybridized carbons (Fsp3) is 0.647. The van der Waals surface area contributed by atoms with E-state index in [-0.39, 0.29) is 6.10 Å². The van der Waals surface area contributed by atoms with E-state index in [1.807, 2.05) is 19.9 Å². The Balaban J connectivity index is 2.88. The van der Waals surface area contributed by atoms with Crippen LogP contribution in [0.4, 0.5) is 11.4 Å². The lowest BCUT2D eigenvalue weighted by molar-refractivity contribution is 0.244. The van der Waals surface area contributed by atoms with Crippen molar-refractivity contribution in [3.8, 4) is 5.75 Å². The van der Waals surface area contributed by atoms with Gasteiger partial charge in [0.2, 0.25) is 0 Å². The lowest BCUT2D eigenvalue weighted by Crippen LogP contribution is -2.25. The molecule has 0 spiro atoms. The standard InChI is InChI=1S/C17H30N2O/c1-5-7-11-19(12-8-6-2)15-9-10-16(18)17(13-15)20-14(3)4/h9-10,13-14H,5-8,11-12,18H2,1-4H3. The van der Waals surface area contributed by atoms with E-state index in [9.17, 15) is 0 Å². The molecule has 0 unspecified atom stereocenters. The summed E-state index contributed by atoms with van der Waals surface area (Å²) in [6.45, 7) is 10.7. The summed E-state index contributed by atoms with van der Waals surface area (Å²) >= 11 is 0. The molecule has 114 valence electrons. The maximum Gasteiger partial charge on any atom is 0.144 e. The average Bonchev–Trinajstić information content (AvgIpc) is 2.41. The van der Waals surface area contributed by atoms with Crippen molar-refractivity contribution in [3.63, 3.8) is 0 Å². The molecule has 0 saturated heterocycles. The molecule has 1 aromatic carbocycles. The Hall–Kier alpha value is -1.38. The molecule has 0 saturated carbocycles. The number of nitrogens with zero attached hydrogens (tertiary/aromatic N) is 1. The van der Waals surface area contributed by atoms with Crippen molar-refractivity contribution in [1.29, 1.82) is 0 Å². The van der Waals surface area contributed by atoms with Crippen LogP contribution in [0.1, 0.15) is 53.4 Å². The van der Waals surface area contributed by atoms with E-state index in [1.165, 1.54) is 31.4 Å². The summed E-state index contributed by atoms with van der Waals surface area (Å²) < 4.78 is 5.79. The van der Waals surface area contributed by atoms with E-state index in [4.69, 9.17) is 10.5 Å². The Morgan fingerprint density at radius 1 is 1.10 bits per heavy atom. The molecular weight excluding hydrogens is 248 g/mol. The second kappa shape index (κ2) is 8.72. The van der Waals surface area contributed by atoms with Crippen molar-refractivity contribution in [2.24, 2.45) is 0 Å². The van der Waals surface area contributed by atoms with Crippen LogP contribution >= 0.6 is 0 Å². The first kappa shape index (κ1) is 16.7. The van der Waals surface area contributed by atoms with Crippen molar-refractivity contribution in [3.05, 3.63) is 18.2 Å². The van der Waals surface area contributed by atoms with Gasteiger partial charge >= 0.3 is 0 Å². The molecule has 20 heavy (non-hydrogen) atoms. The lowest BCUT2D eigenvalue weighted by Gasteiger charge is -2.26. The molecule has 3 heteroatoms. The number of nitrogen functional groups attached to an aromatic ring is 1. The van der Waals surface area contributed by atoms with Gasteiger partial charge in [-0.15, -0.1) is 0 Å². The molecule has 1 aromatic rings. The second-order valence-corrected chi connectivity index (χ2v) is 5.58. The number of rotatable bonds is 9. The van der Waals surface area contributed by atoms with Crippen LogP contribution in [0.5, 0.6) is 5.75 Å². The van der Waals surface area contributed by atoms with Gasteiger partial charge in [0.25, 0.3) is 0 Å². The van der Waals surface area contributed by atoms with Crippen molar-refractivity contribution in [1.82, 2.24) is 0 Å². The quantitative estimate of drug-likeness (QED) is 0.678. The summed E-state index contributed by atoms with van der Waals surface area (Å²) in [5.74, 6) is 0.801. The van der Waals surface area contributed by atoms with Crippen LogP contribution in [-0.4, -0.2) is 19.2 Å². The molecule has 0 aliphatic heterocycles. The van der Waals surface area contributed by atoms with Crippen LogP contribution in [0.25, 0.3) is 0 Å². The van der Waals surface area contributed by atoms with Crippen molar-refractivity contribution in [2.75, 3.05) is 23.7 Å². The monoisotopic (exact) mass is 278 g/mol. The molecule has 0 heterocycles. The van der Waals surface area contributed by atoms with Crippen molar-refractivity contribution < 1.29 is 4.74 Å². The fourth-order valence-electron chi connectivity index (χ4n) is 2.14. The summed E-state index contributed by atoms with van der Waals surface area (Å²) in [4.78, 5) is 2.44. The Kier molecular flexibility index (Phi) is 7.27. The number of benzene rings is 1. The third kappa shape index (κ3) is 5.32. The number of unbranched alkanes of at least 4 members (excludes halogenated alkanes) is 2. The summed E-state index contributed by atoms with van der Waals surface area (Å²) in [7, 11) is 0. The Morgan fingerprint density at radius 3 is 2.20 bits per heavy atom. The summed E-state index contributed by atoms with van der Waals surface area (Å²) in [6.07, 6.45) is 5.01. The predicted octanol–water partition coefficient (Wildman–Crippen LogP) is 4.46. The first-order valence-corrected chi connectivity index (χ1v) is 7.89. The smallest absolute Gasteiger partial charge is 0.144 e. The van der Waals surface area contributed by atoms with Crippen LogP contribution in [0, 0.1) is 0 Å². The molecule has 0 fully saturated rings. The summed E-state index contributed by atoms with van der Waals surface area (Å²) in [6, 6.07) is 6.15. The molecule has 0 aliphatic rings. The van der Waals surface area contributed by atoms with Gasteiger partial charge < -0.3 is 15.4 Å². The summed E-state index contributed by atoms with van der Waals surface area (Å²) in [5.41, 5.74) is 7.93. The zero-order chi connectivity index (χ0) is 15.0. The van der Waals surface area contributed by atoms with Gasteiger partial charge in [0.05, 0.1) is 11.8 Å². The molecule has 0 amide bonds. The highest BCUT2D eigenvalue weighted by atomic mass is 16.5. The summed E-state index contributed by atoms with van der Waals surface area (Å²) in [5, 5.41) is 0. The molecule has 0 atom stereocenters. The van der Waals surface area contributed by atoms with Crippen LogP contribution in [0.15, 0.2) is 18.2 Å². The molecule has 0 bridgehead atoms. The maximum absolute atomic E-state index is 5.99. The van der Waals surface area contributed by atoms with E-state index in [2.05, 4.69) is 30.9 Å². The van der Waals surface area contributed by atoms with Crippen molar-refractivity contribution in [2.45, 2.75) is 59.5 Å². The number of ether oxygens (including phenoxy) is 1. The van der Waals surface area contributed by atoms with Crippen LogP contribution in [0.3, 0.4) is 0 Å². The number of nitrogens with two attached hydrogens (primary N) is 1. The Labute approximate surface area is 124 Å². The van der Waals surface area contributed by atoms with E-state index in [0.29, 0.717) is 5.69 Å². The van der Waals surface area contributed by atoms with Gasteiger partial charge in [-0.05, 0) is 38.8 Å². The van der Waals surface area contributed by atoms with Crippen LogP contribution in [-0.2, 0) is 0 Å². The van der Waals surface area contributed by atoms with E-state index in [0.717, 1.165) is 18.8 Å². The highest BCUT2D eigenvalue weighted by Crippen LogP contribution is 2.29. The molecule has 0 aromatic heterocycles. The van der Waals surface area contributed by atoms with Gasteiger partial charge in [-0.3, -0.25) is 0 Å². The molecule has 3 nitrogen and oxygen atoms in total. The number of anilines is 2. The largest absolute Gasteiger partial charge is 0.489 e. The van der Waals surface area contributed by atoms with Gasteiger partial charge in [0.15, 0.2) is 0 Å². The highest BCUT2D eigenvalue weighted by Gasteiger charge is 2.10. The van der Waals surface area contributed by atoms with Gasteiger partial charge in [-0.1, -0.05) is 26.7 Å². The van der Waals surface area contributed by atoms with E-state index in [1.54, 1.807) is 0 Å². The molecular formula is C17H30N2O. The van der Waals surface area contributed by atoms with Crippen LogP contribution in [0.2, 0.25) is 0 Å². The fourth-order valence-corrected chi connectivity index (χ4v) is 2.14. The van der Waals surface area contributed by atoms with Crippen LogP contribution < -0.4 is 15.4 Å². The van der Waals surface area contributed by atoms with E-state index >= 15 is 0 Å². The number of hydrogen-bond donors (Lipinski definition) is 1. The minimum absolute atomic E-state index is 0.146. The van der Waals surface area contributed by atoms with Gasteiger partial charge in [0, 0.05) is 24.8 Å². The molecule has 2 N–H and O–H groups in total. The average molecular weight is 278 g/mol. The van der Waals surface area contributed by atoms with Gasteiger partial charge in [0.1, 0.15) is 5.75 Å². The Bertz CT molecular complexity index is 383. The molecule has 1 rings (SSSR count). The predicted molar refractivity (Wildman–Crippen MR) is 88.6 cm³/mol. The van der Waals surface area contributed by atoms with Gasteiger partial charge in [-0.25, -0.2) is 0 Å². The maximum atomic E-state index is 5.99. The zero-order valence-electron chi connectivity index (χ0n) is 13.5. The third-order valence-electron chi connectivity index (χ3n) is 3.29. The van der Waals surface area contributed by atoms with Crippen molar-refractivity contribution >= 4 is 11.4 Å². The lowest BCUT2D eigenvalue weighted by atomic mass is 10.2. The first-order valence-electron chi connectivity index (χ1n) is 7.89. The second-order valence-electron chi connectivity index (χ2n) is 5.58. The Morgan fingerprint density at radius 2 is 1.70 bits per heavy atom. The molecule has 0 aliphatic carbocycles. The first-order chi connectivity index (χ1) is 9.58. The minimum atomic E-state index is 0.146. The zero-order valence-corrected chi connectivity index (χ0v) is 13.5. The number of hydrogen-bond acceptors (Lipinski definition) is 3. The third-order valence-corrected chi connectivity index (χ3v) is 3.29.